The molecule has 0 fully saturated rings. The molecule has 2 aromatic carbocycles. The Morgan fingerprint density at radius 2 is 1.66 bits per heavy atom. The van der Waals surface area contributed by atoms with E-state index in [4.69, 9.17) is 23.7 Å². The minimum absolute atomic E-state index is 0.0939. The summed E-state index contributed by atoms with van der Waals surface area (Å²) in [6.07, 6.45) is 1.68. The van der Waals surface area contributed by atoms with E-state index in [1.54, 1.807) is 49.4 Å². The summed E-state index contributed by atoms with van der Waals surface area (Å²) >= 11 is 1.16. The minimum Gasteiger partial charge on any atom is -0.493 e. The third-order valence-electron chi connectivity index (χ3n) is 6.37. The van der Waals surface area contributed by atoms with Crippen molar-refractivity contribution >= 4 is 35.3 Å². The summed E-state index contributed by atoms with van der Waals surface area (Å²) in [5.41, 5.74) is 1.39. The maximum Gasteiger partial charge on any atom is 0.338 e. The van der Waals surface area contributed by atoms with E-state index in [2.05, 4.69) is 4.99 Å². The highest BCUT2D eigenvalue weighted by atomic mass is 32.1. The van der Waals surface area contributed by atoms with Crippen LogP contribution in [0, 0.1) is 5.92 Å². The molecule has 0 aliphatic carbocycles. The number of ether oxygens (including phenoxy) is 5. The monoisotopic (exact) mass is 622 g/mol. The summed E-state index contributed by atoms with van der Waals surface area (Å²) in [5.74, 6) is -0.434. The van der Waals surface area contributed by atoms with Gasteiger partial charge in [-0.15, -0.1) is 0 Å². The second-order valence-electron chi connectivity index (χ2n) is 10.3. The molecule has 12 heteroatoms. The van der Waals surface area contributed by atoms with Gasteiger partial charge < -0.3 is 23.7 Å². The molecule has 0 saturated heterocycles. The van der Waals surface area contributed by atoms with E-state index < -0.39 is 23.9 Å². The summed E-state index contributed by atoms with van der Waals surface area (Å²) in [6, 6.07) is 8.92. The Kier molecular flexibility index (Phi) is 10.0. The van der Waals surface area contributed by atoms with Gasteiger partial charge in [-0.2, -0.15) is 0 Å². The van der Waals surface area contributed by atoms with Crippen molar-refractivity contribution in [2.45, 2.75) is 47.6 Å². The minimum atomic E-state index is -0.904. The molecule has 11 nitrogen and oxygen atoms in total. The van der Waals surface area contributed by atoms with Gasteiger partial charge in [-0.3, -0.25) is 19.0 Å². The lowest BCUT2D eigenvalue weighted by Crippen LogP contribution is -2.40. The van der Waals surface area contributed by atoms with Gasteiger partial charge >= 0.3 is 17.9 Å². The number of hydrogen-bond donors (Lipinski definition) is 0. The number of nitrogens with zero attached hydrogens (tertiary/aromatic N) is 2. The SMILES string of the molecule is CCOc1cc(/C=c2/sc3n(c2=O)C(c2ccc(OC(C)=O)c(OC)c2)C(C(=O)OCC(C)C)=C(C)N=3)ccc1OC(C)=O. The van der Waals surface area contributed by atoms with Crippen LogP contribution in [0.3, 0.4) is 0 Å². The zero-order valence-corrected chi connectivity index (χ0v) is 26.4. The zero-order valence-electron chi connectivity index (χ0n) is 25.6. The maximum absolute atomic E-state index is 14.0. The summed E-state index contributed by atoms with van der Waals surface area (Å²) in [7, 11) is 1.43. The third-order valence-corrected chi connectivity index (χ3v) is 7.35. The van der Waals surface area contributed by atoms with Crippen molar-refractivity contribution < 1.29 is 38.1 Å². The van der Waals surface area contributed by atoms with E-state index in [1.807, 2.05) is 20.8 Å². The molecule has 44 heavy (non-hydrogen) atoms. The van der Waals surface area contributed by atoms with Crippen molar-refractivity contribution in [3.05, 3.63) is 78.5 Å². The van der Waals surface area contributed by atoms with Gasteiger partial charge in [-0.1, -0.05) is 37.3 Å². The van der Waals surface area contributed by atoms with Crippen LogP contribution >= 0.6 is 11.3 Å². The fraction of sp³-hybridized carbons (Fsp3) is 0.344. The van der Waals surface area contributed by atoms with Gasteiger partial charge in [-0.05, 0) is 61.2 Å². The lowest BCUT2D eigenvalue weighted by Gasteiger charge is -2.25. The van der Waals surface area contributed by atoms with E-state index in [-0.39, 0.29) is 40.9 Å². The second kappa shape index (κ2) is 13.7. The highest BCUT2D eigenvalue weighted by molar-refractivity contribution is 7.07. The smallest absolute Gasteiger partial charge is 0.338 e. The Labute approximate surface area is 258 Å². The van der Waals surface area contributed by atoms with Crippen molar-refractivity contribution in [2.24, 2.45) is 10.9 Å². The van der Waals surface area contributed by atoms with Gasteiger partial charge in [0.15, 0.2) is 27.8 Å². The van der Waals surface area contributed by atoms with Crippen LogP contribution in [0.4, 0.5) is 0 Å². The van der Waals surface area contributed by atoms with Crippen LogP contribution in [0.25, 0.3) is 6.08 Å². The molecular weight excluding hydrogens is 588 g/mol. The number of aromatic nitrogens is 1. The van der Waals surface area contributed by atoms with Crippen LogP contribution in [0.15, 0.2) is 57.5 Å². The number of allylic oxidation sites excluding steroid dienone is 1. The summed E-state index contributed by atoms with van der Waals surface area (Å²) < 4.78 is 29.0. The van der Waals surface area contributed by atoms with Gasteiger partial charge in [0.05, 0.1) is 42.2 Å². The molecule has 4 rings (SSSR count). The molecular formula is C32H34N2O9S. The molecule has 0 radical (unpaired) electrons. The van der Waals surface area contributed by atoms with E-state index in [9.17, 15) is 19.2 Å². The van der Waals surface area contributed by atoms with Crippen LogP contribution < -0.4 is 33.8 Å². The van der Waals surface area contributed by atoms with E-state index in [1.165, 1.54) is 25.5 Å². The third kappa shape index (κ3) is 7.08. The second-order valence-corrected chi connectivity index (χ2v) is 11.3. The molecule has 1 atom stereocenters. The molecule has 1 aliphatic rings. The van der Waals surface area contributed by atoms with Gasteiger partial charge in [0.1, 0.15) is 0 Å². The Morgan fingerprint density at radius 3 is 2.27 bits per heavy atom. The van der Waals surface area contributed by atoms with Crippen molar-refractivity contribution in [3.8, 4) is 23.0 Å². The highest BCUT2D eigenvalue weighted by Crippen LogP contribution is 2.36. The molecule has 232 valence electrons. The summed E-state index contributed by atoms with van der Waals surface area (Å²) in [5, 5.41) is 0. The average Bonchev–Trinajstić information content (AvgIpc) is 3.26. The van der Waals surface area contributed by atoms with Gasteiger partial charge in [0, 0.05) is 13.8 Å². The van der Waals surface area contributed by atoms with E-state index >= 15 is 0 Å². The first-order chi connectivity index (χ1) is 20.9. The predicted octanol–water partition coefficient (Wildman–Crippen LogP) is 3.69. The molecule has 0 spiro atoms. The first kappa shape index (κ1) is 32.2. The predicted molar refractivity (Wildman–Crippen MR) is 163 cm³/mol. The van der Waals surface area contributed by atoms with Crippen LogP contribution in [-0.4, -0.2) is 42.8 Å². The van der Waals surface area contributed by atoms with E-state index in [0.717, 1.165) is 11.3 Å². The van der Waals surface area contributed by atoms with Crippen LogP contribution in [0.2, 0.25) is 0 Å². The number of thiazole rings is 1. The number of fused-ring (bicyclic) bond motifs is 1. The van der Waals surface area contributed by atoms with Crippen molar-refractivity contribution in [1.82, 2.24) is 4.57 Å². The Morgan fingerprint density at radius 1 is 1.00 bits per heavy atom. The number of carbonyl (C=O) groups is 3. The number of rotatable bonds is 10. The van der Waals surface area contributed by atoms with Crippen LogP contribution in [0.1, 0.15) is 58.7 Å². The van der Waals surface area contributed by atoms with Gasteiger partial charge in [0.25, 0.3) is 5.56 Å². The maximum atomic E-state index is 14.0. The topological polar surface area (TPSA) is 132 Å². The van der Waals surface area contributed by atoms with Crippen molar-refractivity contribution in [3.63, 3.8) is 0 Å². The standard InChI is InChI=1S/C32H34N2O9S/c1-8-40-26-13-21(9-11-24(26)43-20(6)36)14-27-30(37)34-29(22-10-12-23(42-19(5)35)25(15-22)39-7)28(18(4)33-32(34)44-27)31(38)41-16-17(2)3/h9-15,17,29H,8,16H2,1-7H3/b27-14+. The molecule has 3 aromatic rings. The molecule has 1 aliphatic heterocycles. The number of methoxy groups -OCH3 is 1. The molecule has 1 unspecified atom stereocenters. The summed E-state index contributed by atoms with van der Waals surface area (Å²) in [4.78, 5) is 55.7. The van der Waals surface area contributed by atoms with Crippen LogP contribution in [-0.2, 0) is 19.1 Å². The first-order valence-corrected chi connectivity index (χ1v) is 14.8. The molecule has 0 N–H and O–H groups in total. The number of benzene rings is 2. The zero-order chi connectivity index (χ0) is 32.1. The number of esters is 3. The lowest BCUT2D eigenvalue weighted by molar-refractivity contribution is -0.140. The summed E-state index contributed by atoms with van der Waals surface area (Å²) in [6.45, 7) is 10.5. The fourth-order valence-corrected chi connectivity index (χ4v) is 5.63. The largest absolute Gasteiger partial charge is 0.493 e. The van der Waals surface area contributed by atoms with Crippen molar-refractivity contribution in [2.75, 3.05) is 20.3 Å². The fourth-order valence-electron chi connectivity index (χ4n) is 4.58. The molecule has 1 aromatic heterocycles. The number of hydrogen-bond acceptors (Lipinski definition) is 11. The quantitative estimate of drug-likeness (QED) is 0.245. The normalized spacial score (nSPS) is 14.5. The Balaban J connectivity index is 1.90. The number of carbonyl (C=O) groups excluding carboxylic acids is 3. The van der Waals surface area contributed by atoms with E-state index in [0.29, 0.717) is 38.5 Å². The Bertz CT molecular complexity index is 1820. The van der Waals surface area contributed by atoms with Gasteiger partial charge in [-0.25, -0.2) is 9.79 Å². The Hall–Kier alpha value is -4.71. The molecule has 0 amide bonds. The van der Waals surface area contributed by atoms with Crippen LogP contribution in [0.5, 0.6) is 23.0 Å². The molecule has 0 saturated carbocycles. The first-order valence-electron chi connectivity index (χ1n) is 13.9. The molecule has 2 heterocycles. The average molecular weight is 623 g/mol. The van der Waals surface area contributed by atoms with Gasteiger partial charge in [0.2, 0.25) is 0 Å². The molecule has 0 bridgehead atoms. The van der Waals surface area contributed by atoms with Crippen molar-refractivity contribution in [1.29, 1.82) is 0 Å². The highest BCUT2D eigenvalue weighted by Gasteiger charge is 2.34. The lowest BCUT2D eigenvalue weighted by atomic mass is 9.95.